The van der Waals surface area contributed by atoms with Crippen molar-refractivity contribution in [2.75, 3.05) is 31.5 Å². The van der Waals surface area contributed by atoms with Crippen LogP contribution in [0.2, 0.25) is 0 Å². The van der Waals surface area contributed by atoms with Gasteiger partial charge in [0.2, 0.25) is 5.91 Å². The van der Waals surface area contributed by atoms with E-state index in [0.29, 0.717) is 43.5 Å². The van der Waals surface area contributed by atoms with Crippen molar-refractivity contribution < 1.29 is 14.0 Å². The van der Waals surface area contributed by atoms with Gasteiger partial charge in [0, 0.05) is 37.9 Å². The molecular weight excluding hydrogens is 323 g/mol. The zero-order chi connectivity index (χ0) is 18.0. The summed E-state index contributed by atoms with van der Waals surface area (Å²) in [5, 5.41) is 5.86. The van der Waals surface area contributed by atoms with Crippen LogP contribution >= 0.6 is 0 Å². The maximum atomic E-state index is 13.1. The molecule has 2 fully saturated rings. The van der Waals surface area contributed by atoms with Gasteiger partial charge in [-0.25, -0.2) is 9.18 Å². The summed E-state index contributed by atoms with van der Waals surface area (Å²) in [6, 6.07) is 4.30. The molecule has 1 aliphatic carbocycles. The minimum atomic E-state index is -0.317. The standard InChI is InChI=1S/C18H25FN4O2/c1-12-11-14(19)3-6-16(12)21-18(25)23-9-7-22(8-10-23)13(2)17(24)20-15-4-5-15/h3,6,11,13,15H,4-5,7-10H2,1-2H3,(H,20,24)(H,21,25)/t13-/m0/s1. The molecule has 0 bridgehead atoms. The average molecular weight is 348 g/mol. The number of piperazine rings is 1. The molecule has 1 aromatic carbocycles. The van der Waals surface area contributed by atoms with Gasteiger partial charge in [0.15, 0.2) is 0 Å². The van der Waals surface area contributed by atoms with Crippen LogP contribution in [0.4, 0.5) is 14.9 Å². The molecule has 2 aliphatic rings. The first-order valence-electron chi connectivity index (χ1n) is 8.80. The molecule has 3 amide bonds. The molecule has 25 heavy (non-hydrogen) atoms. The van der Waals surface area contributed by atoms with Crippen LogP contribution in [0.5, 0.6) is 0 Å². The van der Waals surface area contributed by atoms with Gasteiger partial charge in [-0.1, -0.05) is 0 Å². The Bertz CT molecular complexity index is 654. The first-order valence-corrected chi connectivity index (χ1v) is 8.80. The molecule has 1 aliphatic heterocycles. The fourth-order valence-corrected chi connectivity index (χ4v) is 2.99. The molecule has 136 valence electrons. The van der Waals surface area contributed by atoms with Gasteiger partial charge in [-0.15, -0.1) is 0 Å². The van der Waals surface area contributed by atoms with E-state index in [2.05, 4.69) is 15.5 Å². The van der Waals surface area contributed by atoms with Crippen LogP contribution in [0.3, 0.4) is 0 Å². The molecule has 1 aromatic rings. The highest BCUT2D eigenvalue weighted by Crippen LogP contribution is 2.20. The van der Waals surface area contributed by atoms with Crippen molar-refractivity contribution in [3.63, 3.8) is 0 Å². The first-order chi connectivity index (χ1) is 11.9. The second-order valence-corrected chi connectivity index (χ2v) is 6.87. The number of nitrogens with zero attached hydrogens (tertiary/aromatic N) is 2. The van der Waals surface area contributed by atoms with Crippen molar-refractivity contribution in [3.8, 4) is 0 Å². The molecule has 0 spiro atoms. The van der Waals surface area contributed by atoms with Crippen LogP contribution in [0.25, 0.3) is 0 Å². The van der Waals surface area contributed by atoms with Gasteiger partial charge in [0.05, 0.1) is 6.04 Å². The lowest BCUT2D eigenvalue weighted by molar-refractivity contribution is -0.126. The highest BCUT2D eigenvalue weighted by Gasteiger charge is 2.30. The van der Waals surface area contributed by atoms with Crippen LogP contribution < -0.4 is 10.6 Å². The molecule has 3 rings (SSSR count). The Hall–Kier alpha value is -2.15. The van der Waals surface area contributed by atoms with Gasteiger partial charge in [0.25, 0.3) is 0 Å². The molecule has 1 atom stereocenters. The molecule has 1 heterocycles. The minimum absolute atomic E-state index is 0.0716. The number of rotatable bonds is 4. The summed E-state index contributed by atoms with van der Waals surface area (Å²) in [6.07, 6.45) is 2.16. The molecule has 7 heteroatoms. The normalized spacial score (nSPS) is 19.4. The smallest absolute Gasteiger partial charge is 0.321 e. The van der Waals surface area contributed by atoms with Gasteiger partial charge in [-0.2, -0.15) is 0 Å². The predicted octanol–water partition coefficient (Wildman–Crippen LogP) is 1.95. The fraction of sp³-hybridized carbons (Fsp3) is 0.556. The topological polar surface area (TPSA) is 64.7 Å². The quantitative estimate of drug-likeness (QED) is 0.874. The van der Waals surface area contributed by atoms with E-state index in [1.807, 2.05) is 6.92 Å². The lowest BCUT2D eigenvalue weighted by atomic mass is 10.2. The van der Waals surface area contributed by atoms with Crippen LogP contribution in [0.1, 0.15) is 25.3 Å². The number of carbonyl (C=O) groups excluding carboxylic acids is 2. The number of carbonyl (C=O) groups is 2. The van der Waals surface area contributed by atoms with Gasteiger partial charge in [-0.05, 0) is 50.5 Å². The maximum absolute atomic E-state index is 13.1. The number of aryl methyl sites for hydroxylation is 1. The number of benzene rings is 1. The number of amides is 3. The number of halogens is 1. The summed E-state index contributed by atoms with van der Waals surface area (Å²) in [7, 11) is 0. The zero-order valence-electron chi connectivity index (χ0n) is 14.7. The van der Waals surface area contributed by atoms with Crippen LogP contribution in [0, 0.1) is 12.7 Å². The summed E-state index contributed by atoms with van der Waals surface area (Å²) >= 11 is 0. The Kier molecular flexibility index (Phi) is 5.22. The summed E-state index contributed by atoms with van der Waals surface area (Å²) in [5.74, 6) is -0.245. The number of urea groups is 1. The number of hydrogen-bond donors (Lipinski definition) is 2. The summed E-state index contributed by atoms with van der Waals surface area (Å²) in [6.45, 7) is 6.12. The van der Waals surface area contributed by atoms with E-state index in [9.17, 15) is 14.0 Å². The van der Waals surface area contributed by atoms with E-state index >= 15 is 0 Å². The van der Waals surface area contributed by atoms with Gasteiger partial charge < -0.3 is 15.5 Å². The third-order valence-electron chi connectivity index (χ3n) is 4.88. The Morgan fingerprint density at radius 1 is 1.20 bits per heavy atom. The Morgan fingerprint density at radius 2 is 1.88 bits per heavy atom. The van der Waals surface area contributed by atoms with E-state index in [1.54, 1.807) is 17.9 Å². The van der Waals surface area contributed by atoms with E-state index in [1.165, 1.54) is 12.1 Å². The lowest BCUT2D eigenvalue weighted by Crippen LogP contribution is -2.55. The molecule has 0 aromatic heterocycles. The molecule has 1 saturated heterocycles. The summed E-state index contributed by atoms with van der Waals surface area (Å²) in [5.41, 5.74) is 1.31. The minimum Gasteiger partial charge on any atom is -0.352 e. The largest absolute Gasteiger partial charge is 0.352 e. The van der Waals surface area contributed by atoms with Gasteiger partial charge in [-0.3, -0.25) is 9.69 Å². The molecule has 1 saturated carbocycles. The molecule has 0 radical (unpaired) electrons. The Labute approximate surface area is 147 Å². The highest BCUT2D eigenvalue weighted by molar-refractivity contribution is 5.90. The second-order valence-electron chi connectivity index (χ2n) is 6.87. The number of nitrogens with one attached hydrogen (secondary N) is 2. The van der Waals surface area contributed by atoms with Crippen molar-refractivity contribution in [2.24, 2.45) is 0 Å². The van der Waals surface area contributed by atoms with E-state index < -0.39 is 0 Å². The first kappa shape index (κ1) is 17.7. The van der Waals surface area contributed by atoms with Gasteiger partial charge >= 0.3 is 6.03 Å². The Balaban J connectivity index is 1.49. The van der Waals surface area contributed by atoms with E-state index in [-0.39, 0.29) is 23.8 Å². The van der Waals surface area contributed by atoms with Crippen molar-refractivity contribution in [3.05, 3.63) is 29.6 Å². The van der Waals surface area contributed by atoms with Crippen LogP contribution in [-0.2, 0) is 4.79 Å². The summed E-state index contributed by atoms with van der Waals surface area (Å²) in [4.78, 5) is 28.4. The van der Waals surface area contributed by atoms with Crippen molar-refractivity contribution in [1.29, 1.82) is 0 Å². The Morgan fingerprint density at radius 3 is 2.48 bits per heavy atom. The molecule has 0 unspecified atom stereocenters. The van der Waals surface area contributed by atoms with Crippen molar-refractivity contribution >= 4 is 17.6 Å². The fourth-order valence-electron chi connectivity index (χ4n) is 2.99. The van der Waals surface area contributed by atoms with Crippen molar-refractivity contribution in [2.45, 2.75) is 38.8 Å². The average Bonchev–Trinajstić information content (AvgIpc) is 3.40. The highest BCUT2D eigenvalue weighted by atomic mass is 19.1. The molecule has 6 nitrogen and oxygen atoms in total. The number of anilines is 1. The van der Waals surface area contributed by atoms with Crippen molar-refractivity contribution in [1.82, 2.24) is 15.1 Å². The summed E-state index contributed by atoms with van der Waals surface area (Å²) < 4.78 is 13.1. The third kappa shape index (κ3) is 4.48. The predicted molar refractivity (Wildman–Crippen MR) is 93.9 cm³/mol. The third-order valence-corrected chi connectivity index (χ3v) is 4.88. The lowest BCUT2D eigenvalue weighted by Gasteiger charge is -2.37. The number of hydrogen-bond acceptors (Lipinski definition) is 3. The zero-order valence-corrected chi connectivity index (χ0v) is 14.7. The molecular formula is C18H25FN4O2. The van der Waals surface area contributed by atoms with Crippen LogP contribution in [-0.4, -0.2) is 60.0 Å². The van der Waals surface area contributed by atoms with E-state index in [0.717, 1.165) is 12.8 Å². The van der Waals surface area contributed by atoms with E-state index in [4.69, 9.17) is 0 Å². The second kappa shape index (κ2) is 7.39. The SMILES string of the molecule is Cc1cc(F)ccc1NC(=O)N1CCN([C@@H](C)C(=O)NC2CC2)CC1. The maximum Gasteiger partial charge on any atom is 0.321 e. The van der Waals surface area contributed by atoms with Gasteiger partial charge in [0.1, 0.15) is 5.82 Å². The van der Waals surface area contributed by atoms with Crippen LogP contribution in [0.15, 0.2) is 18.2 Å². The monoisotopic (exact) mass is 348 g/mol. The molecule has 2 N–H and O–H groups in total.